The topological polar surface area (TPSA) is 66.9 Å². The number of nitrogens with zero attached hydrogens (tertiary/aromatic N) is 2. The standard InChI is InChI=1S/C18H14F2N4O/c19-13-6-7-15(14(20)8-13)24-17-11-21-16(10-22-17)18(25)23-9-12-4-2-1-3-5-12/h1-8,10-11H,9H2,(H,22,24)(H,23,25). The number of benzene rings is 2. The SMILES string of the molecule is O=C(NCc1ccccc1)c1cnc(Nc2ccc(F)cc2F)cn1. The zero-order valence-corrected chi connectivity index (χ0v) is 13.0. The summed E-state index contributed by atoms with van der Waals surface area (Å²) in [6.45, 7) is 0.377. The third-order valence-corrected chi connectivity index (χ3v) is 3.37. The highest BCUT2D eigenvalue weighted by molar-refractivity contribution is 5.92. The van der Waals surface area contributed by atoms with E-state index in [4.69, 9.17) is 0 Å². The van der Waals surface area contributed by atoms with E-state index in [-0.39, 0.29) is 23.1 Å². The van der Waals surface area contributed by atoms with E-state index in [0.717, 1.165) is 17.7 Å². The van der Waals surface area contributed by atoms with E-state index >= 15 is 0 Å². The van der Waals surface area contributed by atoms with Gasteiger partial charge in [-0.25, -0.2) is 18.7 Å². The minimum atomic E-state index is -0.744. The molecule has 0 spiro atoms. The van der Waals surface area contributed by atoms with Crippen LogP contribution < -0.4 is 10.6 Å². The van der Waals surface area contributed by atoms with Gasteiger partial charge in [0.2, 0.25) is 0 Å². The van der Waals surface area contributed by atoms with Gasteiger partial charge in [0.1, 0.15) is 23.1 Å². The molecule has 0 fully saturated rings. The van der Waals surface area contributed by atoms with Crippen LogP contribution in [0.1, 0.15) is 16.1 Å². The van der Waals surface area contributed by atoms with Crippen LogP contribution in [0.5, 0.6) is 0 Å². The summed E-state index contributed by atoms with van der Waals surface area (Å²) in [4.78, 5) is 20.1. The molecule has 1 amide bonds. The maximum atomic E-state index is 13.6. The van der Waals surface area contributed by atoms with Gasteiger partial charge in [-0.15, -0.1) is 0 Å². The minimum absolute atomic E-state index is 0.0666. The van der Waals surface area contributed by atoms with E-state index in [1.165, 1.54) is 18.5 Å². The summed E-state index contributed by atoms with van der Waals surface area (Å²) in [5.41, 5.74) is 1.17. The molecule has 126 valence electrons. The zero-order chi connectivity index (χ0) is 17.6. The monoisotopic (exact) mass is 340 g/mol. The number of carbonyl (C=O) groups excluding carboxylic acids is 1. The normalized spacial score (nSPS) is 10.3. The van der Waals surface area contributed by atoms with Crippen LogP contribution in [0.25, 0.3) is 0 Å². The molecule has 0 aliphatic rings. The van der Waals surface area contributed by atoms with E-state index in [1.807, 2.05) is 30.3 Å². The van der Waals surface area contributed by atoms with E-state index in [2.05, 4.69) is 20.6 Å². The average molecular weight is 340 g/mol. The van der Waals surface area contributed by atoms with Crippen molar-refractivity contribution in [2.75, 3.05) is 5.32 Å². The molecular formula is C18H14F2N4O. The average Bonchev–Trinajstić information content (AvgIpc) is 2.63. The summed E-state index contributed by atoms with van der Waals surface area (Å²) in [6.07, 6.45) is 2.59. The number of anilines is 2. The third kappa shape index (κ3) is 4.35. The second-order valence-corrected chi connectivity index (χ2v) is 5.20. The van der Waals surface area contributed by atoms with Crippen LogP contribution in [0, 0.1) is 11.6 Å². The lowest BCUT2D eigenvalue weighted by Gasteiger charge is -2.08. The summed E-state index contributed by atoms with van der Waals surface area (Å²) >= 11 is 0. The molecule has 2 aromatic carbocycles. The smallest absolute Gasteiger partial charge is 0.271 e. The summed E-state index contributed by atoms with van der Waals surface area (Å²) in [6, 6.07) is 12.6. The Bertz CT molecular complexity index is 870. The fourth-order valence-corrected chi connectivity index (χ4v) is 2.11. The molecule has 0 saturated carbocycles. The molecule has 1 heterocycles. The molecule has 0 atom stereocenters. The van der Waals surface area contributed by atoms with Crippen LogP contribution in [-0.2, 0) is 6.54 Å². The van der Waals surface area contributed by atoms with Crippen LogP contribution in [0.4, 0.5) is 20.3 Å². The first-order valence-electron chi connectivity index (χ1n) is 7.48. The summed E-state index contributed by atoms with van der Waals surface area (Å²) < 4.78 is 26.5. The summed E-state index contributed by atoms with van der Waals surface area (Å²) in [5.74, 6) is -1.54. The van der Waals surface area contributed by atoms with E-state index in [0.29, 0.717) is 6.54 Å². The van der Waals surface area contributed by atoms with Crippen molar-refractivity contribution >= 4 is 17.4 Å². The number of carbonyl (C=O) groups is 1. The van der Waals surface area contributed by atoms with Crippen molar-refractivity contribution in [3.63, 3.8) is 0 Å². The number of amides is 1. The summed E-state index contributed by atoms with van der Waals surface area (Å²) in [5, 5.41) is 5.41. The zero-order valence-electron chi connectivity index (χ0n) is 13.0. The highest BCUT2D eigenvalue weighted by atomic mass is 19.1. The maximum Gasteiger partial charge on any atom is 0.271 e. The van der Waals surface area contributed by atoms with Crippen molar-refractivity contribution in [2.24, 2.45) is 0 Å². The van der Waals surface area contributed by atoms with Crippen molar-refractivity contribution in [3.05, 3.63) is 83.8 Å². The fraction of sp³-hybridized carbons (Fsp3) is 0.0556. The molecule has 0 aliphatic carbocycles. The number of hydrogen-bond acceptors (Lipinski definition) is 4. The van der Waals surface area contributed by atoms with Crippen molar-refractivity contribution in [3.8, 4) is 0 Å². The molecular weight excluding hydrogens is 326 g/mol. The molecule has 0 unspecified atom stereocenters. The first-order chi connectivity index (χ1) is 12.1. The van der Waals surface area contributed by atoms with E-state index in [9.17, 15) is 13.6 Å². The Labute approximate surface area is 142 Å². The summed E-state index contributed by atoms with van der Waals surface area (Å²) in [7, 11) is 0. The van der Waals surface area contributed by atoms with Gasteiger partial charge >= 0.3 is 0 Å². The van der Waals surface area contributed by atoms with Crippen LogP contribution in [0.3, 0.4) is 0 Å². The van der Waals surface area contributed by atoms with Crippen LogP contribution in [0.2, 0.25) is 0 Å². The molecule has 0 aliphatic heterocycles. The first-order valence-corrected chi connectivity index (χ1v) is 7.48. The largest absolute Gasteiger partial charge is 0.347 e. The Hall–Kier alpha value is -3.35. The lowest BCUT2D eigenvalue weighted by molar-refractivity contribution is 0.0945. The Morgan fingerprint density at radius 1 is 1.00 bits per heavy atom. The van der Waals surface area contributed by atoms with Crippen LogP contribution >= 0.6 is 0 Å². The van der Waals surface area contributed by atoms with E-state index in [1.54, 1.807) is 0 Å². The van der Waals surface area contributed by atoms with Crippen molar-refractivity contribution < 1.29 is 13.6 Å². The maximum absolute atomic E-state index is 13.6. The Morgan fingerprint density at radius 3 is 2.48 bits per heavy atom. The third-order valence-electron chi connectivity index (χ3n) is 3.37. The Balaban J connectivity index is 1.62. The molecule has 3 aromatic rings. The van der Waals surface area contributed by atoms with Crippen molar-refractivity contribution in [1.82, 2.24) is 15.3 Å². The van der Waals surface area contributed by atoms with Crippen molar-refractivity contribution in [1.29, 1.82) is 0 Å². The molecule has 2 N–H and O–H groups in total. The number of nitrogens with one attached hydrogen (secondary N) is 2. The number of rotatable bonds is 5. The second-order valence-electron chi connectivity index (χ2n) is 5.20. The number of halogens is 2. The molecule has 0 bridgehead atoms. The van der Waals surface area contributed by atoms with Gasteiger partial charge in [-0.1, -0.05) is 30.3 Å². The lowest BCUT2D eigenvalue weighted by atomic mass is 10.2. The molecule has 0 radical (unpaired) electrons. The highest BCUT2D eigenvalue weighted by Gasteiger charge is 2.09. The molecule has 5 nitrogen and oxygen atoms in total. The number of hydrogen-bond donors (Lipinski definition) is 2. The molecule has 25 heavy (non-hydrogen) atoms. The van der Waals surface area contributed by atoms with Gasteiger partial charge in [0.15, 0.2) is 0 Å². The fourth-order valence-electron chi connectivity index (χ4n) is 2.11. The van der Waals surface area contributed by atoms with Gasteiger partial charge in [-0.2, -0.15) is 0 Å². The predicted octanol–water partition coefficient (Wildman–Crippen LogP) is 3.43. The molecule has 1 aromatic heterocycles. The van der Waals surface area contributed by atoms with Gasteiger partial charge in [-0.3, -0.25) is 4.79 Å². The Morgan fingerprint density at radius 2 is 1.80 bits per heavy atom. The lowest BCUT2D eigenvalue weighted by Crippen LogP contribution is -2.24. The van der Waals surface area contributed by atoms with Crippen molar-refractivity contribution in [2.45, 2.75) is 6.54 Å². The highest BCUT2D eigenvalue weighted by Crippen LogP contribution is 2.18. The molecule has 3 rings (SSSR count). The van der Waals surface area contributed by atoms with Gasteiger partial charge < -0.3 is 10.6 Å². The number of aromatic nitrogens is 2. The molecule has 7 heteroatoms. The molecule has 0 saturated heterocycles. The van der Waals surface area contributed by atoms with Crippen LogP contribution in [0.15, 0.2) is 60.9 Å². The quantitative estimate of drug-likeness (QED) is 0.747. The first kappa shape index (κ1) is 16.5. The van der Waals surface area contributed by atoms with Gasteiger partial charge in [0.25, 0.3) is 5.91 Å². The van der Waals surface area contributed by atoms with Gasteiger partial charge in [-0.05, 0) is 17.7 Å². The second kappa shape index (κ2) is 7.48. The minimum Gasteiger partial charge on any atom is -0.347 e. The van der Waals surface area contributed by atoms with Gasteiger partial charge in [0, 0.05) is 12.6 Å². The Kier molecular flexibility index (Phi) is 4.94. The van der Waals surface area contributed by atoms with E-state index < -0.39 is 11.6 Å². The predicted molar refractivity (Wildman–Crippen MR) is 89.3 cm³/mol. The van der Waals surface area contributed by atoms with Crippen LogP contribution in [-0.4, -0.2) is 15.9 Å². The van der Waals surface area contributed by atoms with Gasteiger partial charge in [0.05, 0.1) is 18.1 Å².